The molecule has 1 aliphatic heterocycles. The summed E-state index contributed by atoms with van der Waals surface area (Å²) in [4.78, 5) is 45.7. The van der Waals surface area contributed by atoms with E-state index >= 15 is 0 Å². The molecule has 3 amide bonds. The van der Waals surface area contributed by atoms with Gasteiger partial charge in [-0.2, -0.15) is 0 Å². The van der Waals surface area contributed by atoms with Crippen LogP contribution in [0.2, 0.25) is 5.02 Å². The monoisotopic (exact) mass is 448 g/mol. The fraction of sp³-hybridized carbons (Fsp3) is 0.429. The molecule has 2 aromatic rings. The summed E-state index contributed by atoms with van der Waals surface area (Å²) in [6.07, 6.45) is 1.57. The second-order valence-electron chi connectivity index (χ2n) is 7.10. The zero-order chi connectivity index (χ0) is 21.7. The van der Waals surface area contributed by atoms with Gasteiger partial charge >= 0.3 is 0 Å². The van der Waals surface area contributed by atoms with E-state index in [0.717, 1.165) is 12.8 Å². The van der Waals surface area contributed by atoms with Crippen LogP contribution in [0.5, 0.6) is 0 Å². The Bertz CT molecular complexity index is 928. The van der Waals surface area contributed by atoms with Gasteiger partial charge < -0.3 is 9.80 Å². The van der Waals surface area contributed by atoms with Crippen molar-refractivity contribution in [2.45, 2.75) is 26.7 Å². The van der Waals surface area contributed by atoms with Crippen molar-refractivity contribution in [3.05, 3.63) is 45.9 Å². The molecule has 9 heteroatoms. The zero-order valence-electron chi connectivity index (χ0n) is 17.1. The minimum absolute atomic E-state index is 0.102. The Morgan fingerprint density at radius 1 is 1.30 bits per heavy atom. The molecule has 0 saturated carbocycles. The van der Waals surface area contributed by atoms with Gasteiger partial charge in [-0.05, 0) is 44.9 Å². The van der Waals surface area contributed by atoms with Gasteiger partial charge in [0, 0.05) is 42.1 Å². The number of nitrogens with one attached hydrogen (secondary N) is 1. The number of anilines is 1. The fourth-order valence-electron chi connectivity index (χ4n) is 3.55. The number of benzene rings is 1. The minimum Gasteiger partial charge on any atom is -0.343 e. The molecule has 30 heavy (non-hydrogen) atoms. The molecule has 0 bridgehead atoms. The van der Waals surface area contributed by atoms with Crippen LogP contribution in [0.4, 0.5) is 5.13 Å². The molecule has 1 atom stereocenters. The Hall–Kier alpha value is -2.45. The number of likely N-dealkylation sites (tertiary alicyclic amines) is 1. The van der Waals surface area contributed by atoms with E-state index in [1.165, 1.54) is 11.3 Å². The van der Waals surface area contributed by atoms with Gasteiger partial charge in [-0.1, -0.05) is 17.7 Å². The van der Waals surface area contributed by atoms with E-state index in [1.807, 2.05) is 18.7 Å². The Balaban J connectivity index is 1.64. The van der Waals surface area contributed by atoms with E-state index in [2.05, 4.69) is 10.3 Å². The molecule has 160 valence electrons. The van der Waals surface area contributed by atoms with Gasteiger partial charge in [0.05, 0.1) is 5.92 Å². The lowest BCUT2D eigenvalue weighted by Gasteiger charge is -2.34. The van der Waals surface area contributed by atoms with E-state index in [1.54, 1.807) is 34.5 Å². The van der Waals surface area contributed by atoms with Crippen LogP contribution in [0.25, 0.3) is 0 Å². The highest BCUT2D eigenvalue weighted by Crippen LogP contribution is 2.23. The lowest BCUT2D eigenvalue weighted by Crippen LogP contribution is -2.46. The second kappa shape index (κ2) is 10.0. The second-order valence-corrected chi connectivity index (χ2v) is 8.40. The van der Waals surface area contributed by atoms with Crippen molar-refractivity contribution in [2.24, 2.45) is 5.92 Å². The molecule has 1 unspecified atom stereocenters. The summed E-state index contributed by atoms with van der Waals surface area (Å²) in [6, 6.07) is 6.61. The van der Waals surface area contributed by atoms with E-state index < -0.39 is 0 Å². The molecule has 2 heterocycles. The predicted octanol–water partition coefficient (Wildman–Crippen LogP) is 3.77. The molecule has 1 saturated heterocycles. The maximum absolute atomic E-state index is 12.9. The number of hydrogen-bond donors (Lipinski definition) is 1. The van der Waals surface area contributed by atoms with Gasteiger partial charge in [-0.3, -0.25) is 19.7 Å². The summed E-state index contributed by atoms with van der Waals surface area (Å²) < 4.78 is 0. The van der Waals surface area contributed by atoms with Gasteiger partial charge in [-0.25, -0.2) is 4.98 Å². The van der Waals surface area contributed by atoms with Gasteiger partial charge in [-0.15, -0.1) is 11.3 Å². The molecule has 3 rings (SSSR count). The number of aromatic nitrogens is 1. The summed E-state index contributed by atoms with van der Waals surface area (Å²) in [5.41, 5.74) is 0.691. The van der Waals surface area contributed by atoms with Crippen molar-refractivity contribution in [3.8, 4) is 0 Å². The standard InChI is InChI=1S/C21H25ClN4O3S/c1-3-25(4-2)19(28)15-8-6-10-26(12-15)20(29)17-13-30-21(23-17)24-18(27)14-7-5-9-16(22)11-14/h5,7,9,11,13,15H,3-4,6,8,10,12H2,1-2H3,(H,23,24,27). The molecule has 0 aliphatic carbocycles. The van der Waals surface area contributed by atoms with Crippen LogP contribution in [-0.4, -0.2) is 58.7 Å². The minimum atomic E-state index is -0.339. The zero-order valence-corrected chi connectivity index (χ0v) is 18.6. The number of amides is 3. The molecular formula is C21H25ClN4O3S. The van der Waals surface area contributed by atoms with Gasteiger partial charge in [0.25, 0.3) is 11.8 Å². The highest BCUT2D eigenvalue weighted by atomic mass is 35.5. The number of thiazole rings is 1. The third-order valence-electron chi connectivity index (χ3n) is 5.16. The molecule has 0 radical (unpaired) electrons. The topological polar surface area (TPSA) is 82.6 Å². The third-order valence-corrected chi connectivity index (χ3v) is 6.16. The van der Waals surface area contributed by atoms with Crippen LogP contribution in [0.3, 0.4) is 0 Å². The molecular weight excluding hydrogens is 424 g/mol. The quantitative estimate of drug-likeness (QED) is 0.729. The van der Waals surface area contributed by atoms with E-state index in [4.69, 9.17) is 11.6 Å². The number of nitrogens with zero attached hydrogens (tertiary/aromatic N) is 3. The fourth-order valence-corrected chi connectivity index (χ4v) is 4.42. The Morgan fingerprint density at radius 3 is 2.77 bits per heavy atom. The first-order chi connectivity index (χ1) is 14.4. The van der Waals surface area contributed by atoms with E-state index in [-0.39, 0.29) is 29.3 Å². The lowest BCUT2D eigenvalue weighted by molar-refractivity contribution is -0.136. The summed E-state index contributed by atoms with van der Waals surface area (Å²) in [7, 11) is 0. The molecule has 0 spiro atoms. The highest BCUT2D eigenvalue weighted by molar-refractivity contribution is 7.14. The summed E-state index contributed by atoms with van der Waals surface area (Å²) in [6.45, 7) is 6.25. The first-order valence-corrected chi connectivity index (χ1v) is 11.3. The molecule has 7 nitrogen and oxygen atoms in total. The smallest absolute Gasteiger partial charge is 0.273 e. The Kier molecular flexibility index (Phi) is 7.44. The molecule has 1 aliphatic rings. The van der Waals surface area contributed by atoms with Crippen molar-refractivity contribution < 1.29 is 14.4 Å². The van der Waals surface area contributed by atoms with Crippen molar-refractivity contribution in [3.63, 3.8) is 0 Å². The maximum atomic E-state index is 12.9. The van der Waals surface area contributed by atoms with Crippen molar-refractivity contribution in [1.82, 2.24) is 14.8 Å². The Morgan fingerprint density at radius 2 is 2.07 bits per heavy atom. The van der Waals surface area contributed by atoms with Crippen molar-refractivity contribution in [2.75, 3.05) is 31.5 Å². The normalized spacial score (nSPS) is 16.2. The first-order valence-electron chi connectivity index (χ1n) is 10.0. The van der Waals surface area contributed by atoms with Crippen LogP contribution >= 0.6 is 22.9 Å². The number of piperidine rings is 1. The molecule has 1 fully saturated rings. The first kappa shape index (κ1) is 22.2. The summed E-state index contributed by atoms with van der Waals surface area (Å²) in [5, 5.41) is 5.14. The number of carbonyl (C=O) groups is 3. The lowest BCUT2D eigenvalue weighted by atomic mass is 9.96. The number of carbonyl (C=O) groups excluding carboxylic acids is 3. The van der Waals surface area contributed by atoms with E-state index in [9.17, 15) is 14.4 Å². The summed E-state index contributed by atoms with van der Waals surface area (Å²) >= 11 is 7.12. The maximum Gasteiger partial charge on any atom is 0.273 e. The van der Waals surface area contributed by atoms with E-state index in [0.29, 0.717) is 41.9 Å². The molecule has 1 aromatic heterocycles. The van der Waals surface area contributed by atoms with Crippen LogP contribution in [0.15, 0.2) is 29.6 Å². The van der Waals surface area contributed by atoms with Gasteiger partial charge in [0.1, 0.15) is 5.69 Å². The summed E-state index contributed by atoms with van der Waals surface area (Å²) in [5.74, 6) is -0.631. The van der Waals surface area contributed by atoms with Crippen LogP contribution in [-0.2, 0) is 4.79 Å². The number of halogens is 1. The number of rotatable bonds is 6. The van der Waals surface area contributed by atoms with Crippen molar-refractivity contribution in [1.29, 1.82) is 0 Å². The highest BCUT2D eigenvalue weighted by Gasteiger charge is 2.31. The van der Waals surface area contributed by atoms with Crippen LogP contribution < -0.4 is 5.32 Å². The van der Waals surface area contributed by atoms with Gasteiger partial charge in [0.2, 0.25) is 5.91 Å². The largest absolute Gasteiger partial charge is 0.343 e. The van der Waals surface area contributed by atoms with Gasteiger partial charge in [0.15, 0.2) is 5.13 Å². The van der Waals surface area contributed by atoms with Crippen LogP contribution in [0, 0.1) is 5.92 Å². The molecule has 1 aromatic carbocycles. The average Bonchev–Trinajstić information content (AvgIpc) is 3.22. The number of hydrogen-bond acceptors (Lipinski definition) is 5. The molecule has 1 N–H and O–H groups in total. The van der Waals surface area contributed by atoms with Crippen LogP contribution in [0.1, 0.15) is 47.5 Å². The SMILES string of the molecule is CCN(CC)C(=O)C1CCCN(C(=O)c2csc(NC(=O)c3cccc(Cl)c3)n2)C1. The van der Waals surface area contributed by atoms with Crippen molar-refractivity contribution >= 4 is 45.8 Å². The third kappa shape index (κ3) is 5.17. The Labute approximate surface area is 185 Å². The predicted molar refractivity (Wildman–Crippen MR) is 118 cm³/mol. The average molecular weight is 449 g/mol.